The molecule has 268 valence electrons. The average molecular weight is 895 g/mol. The molecule has 0 N–H and O–H groups in total. The molecule has 0 saturated carbocycles. The van der Waals surface area contributed by atoms with Crippen LogP contribution in [0.2, 0.25) is 0 Å². The largest absolute Gasteiger partial charge is 3.00 e. The van der Waals surface area contributed by atoms with E-state index in [0.29, 0.717) is 28.0 Å². The van der Waals surface area contributed by atoms with Crippen LogP contribution in [0.15, 0.2) is 156 Å². The molecule has 1 atom stereocenters. The first-order valence-corrected chi connectivity index (χ1v) is 17.8. The molecule has 1 unspecified atom stereocenters. The zero-order valence-electron chi connectivity index (χ0n) is 36.1. The number of anilines is 1. The minimum Gasteiger partial charge on any atom is -0.661 e. The predicted octanol–water partition coefficient (Wildman–Crippen LogP) is 13.5. The van der Waals surface area contributed by atoms with Crippen molar-refractivity contribution in [2.75, 3.05) is 11.9 Å². The summed E-state index contributed by atoms with van der Waals surface area (Å²) in [5.41, 5.74) is 11.0. The minimum atomic E-state index is -2.32. The predicted molar refractivity (Wildman–Crippen MR) is 224 cm³/mol. The van der Waals surface area contributed by atoms with Gasteiger partial charge in [0.2, 0.25) is 0 Å². The van der Waals surface area contributed by atoms with Crippen molar-refractivity contribution in [1.82, 2.24) is 4.98 Å². The van der Waals surface area contributed by atoms with Gasteiger partial charge in [-0.25, -0.2) is 0 Å². The number of rotatable bonds is 4. The first kappa shape index (κ1) is 29.4. The minimum absolute atomic E-state index is 0. The van der Waals surface area contributed by atoms with E-state index in [4.69, 9.17) is 12.6 Å². The maximum absolute atomic E-state index is 8.27. The van der Waals surface area contributed by atoms with Gasteiger partial charge in [-0.15, -0.1) is 23.9 Å². The van der Waals surface area contributed by atoms with Gasteiger partial charge in [-0.05, 0) is 94.1 Å². The van der Waals surface area contributed by atoms with E-state index in [1.54, 1.807) is 12.1 Å². The van der Waals surface area contributed by atoms with Crippen molar-refractivity contribution >= 4 is 44.1 Å². The molecule has 0 aliphatic carbocycles. The summed E-state index contributed by atoms with van der Waals surface area (Å²) >= 11 is 0. The monoisotopic (exact) mass is 895 g/mol. The van der Waals surface area contributed by atoms with E-state index in [-0.39, 0.29) is 31.8 Å². The van der Waals surface area contributed by atoms with Crippen LogP contribution in [0.25, 0.3) is 71.5 Å². The van der Waals surface area contributed by atoms with Gasteiger partial charge in [-0.1, -0.05) is 109 Å². The summed E-state index contributed by atoms with van der Waals surface area (Å²) in [6.45, 7) is -2.38. The van der Waals surface area contributed by atoms with Gasteiger partial charge >= 0.3 is 20.1 Å². The Hall–Kier alpha value is -6.00. The van der Waals surface area contributed by atoms with Crippen LogP contribution in [0.4, 0.5) is 11.4 Å². The van der Waals surface area contributed by atoms with Gasteiger partial charge in [0.15, 0.2) is 0 Å². The van der Waals surface area contributed by atoms with Crippen LogP contribution in [-0.4, -0.2) is 12.0 Å². The molecule has 0 amide bonds. The SMILES string of the molecule is [2H]C([2H])([2H])c1c[c-]c(C2[N-]c3ccccc3N2C)cc1.[2H]C([2H])([2H])c1cnc(-c2[c-]ccc3c2oc2ccccc23)cc1-c1cc2ccc(-c3ccccc3)cc2cc1C.[Ir+3]. The Morgan fingerprint density at radius 3 is 2.36 bits per heavy atom. The maximum Gasteiger partial charge on any atom is 3.00 e. The van der Waals surface area contributed by atoms with Gasteiger partial charge in [-0.2, -0.15) is 35.4 Å². The van der Waals surface area contributed by atoms with Gasteiger partial charge < -0.3 is 19.6 Å². The second-order valence-corrected chi connectivity index (χ2v) is 13.5. The molecule has 4 nitrogen and oxygen atoms in total. The van der Waals surface area contributed by atoms with Crippen LogP contribution in [0.1, 0.15) is 36.6 Å². The molecule has 2 aromatic heterocycles. The zero-order valence-corrected chi connectivity index (χ0v) is 32.5. The number of para-hydroxylation sites is 3. The molecule has 9 aromatic rings. The quantitative estimate of drug-likeness (QED) is 0.165. The fourth-order valence-electron chi connectivity index (χ4n) is 7.30. The molecule has 0 spiro atoms. The van der Waals surface area contributed by atoms with E-state index in [1.165, 1.54) is 12.3 Å². The van der Waals surface area contributed by atoms with Crippen molar-refractivity contribution in [3.63, 3.8) is 0 Å². The van der Waals surface area contributed by atoms with Crippen molar-refractivity contribution in [2.45, 2.75) is 26.8 Å². The van der Waals surface area contributed by atoms with Gasteiger partial charge in [0.25, 0.3) is 0 Å². The van der Waals surface area contributed by atoms with Crippen molar-refractivity contribution in [1.29, 1.82) is 0 Å². The summed E-state index contributed by atoms with van der Waals surface area (Å²) in [5.74, 6) is 0. The Morgan fingerprint density at radius 2 is 1.55 bits per heavy atom. The van der Waals surface area contributed by atoms with E-state index < -0.39 is 13.7 Å². The van der Waals surface area contributed by atoms with Crippen LogP contribution in [0.5, 0.6) is 0 Å². The topological polar surface area (TPSA) is 43.4 Å². The van der Waals surface area contributed by atoms with E-state index in [0.717, 1.165) is 66.3 Å². The molecular formula is C50H38IrN3O. The van der Waals surface area contributed by atoms with Crippen LogP contribution < -0.4 is 4.90 Å². The van der Waals surface area contributed by atoms with Crippen LogP contribution in [-0.2, 0) is 20.1 Å². The number of fused-ring (bicyclic) bond motifs is 5. The molecule has 5 heteroatoms. The fourth-order valence-corrected chi connectivity index (χ4v) is 7.30. The smallest absolute Gasteiger partial charge is 0.661 e. The number of hydrogen-bond acceptors (Lipinski definition) is 3. The van der Waals surface area contributed by atoms with Crippen molar-refractivity contribution in [3.05, 3.63) is 191 Å². The van der Waals surface area contributed by atoms with Crippen LogP contribution >= 0.6 is 0 Å². The number of benzene rings is 7. The summed E-state index contributed by atoms with van der Waals surface area (Å²) in [7, 11) is 1.98. The Labute approximate surface area is 344 Å². The van der Waals surface area contributed by atoms with Crippen LogP contribution in [0, 0.1) is 32.8 Å². The third-order valence-electron chi connectivity index (χ3n) is 10.1. The summed E-state index contributed by atoms with van der Waals surface area (Å²) in [6, 6.07) is 53.8. The van der Waals surface area contributed by atoms with Crippen LogP contribution in [0.3, 0.4) is 0 Å². The summed E-state index contributed by atoms with van der Waals surface area (Å²) in [5, 5.41) is 8.79. The van der Waals surface area contributed by atoms with Gasteiger partial charge in [0.1, 0.15) is 5.58 Å². The molecular weight excluding hydrogens is 851 g/mol. The normalized spacial score (nSPS) is 15.3. The number of hydrogen-bond donors (Lipinski definition) is 0. The van der Waals surface area contributed by atoms with Crippen molar-refractivity contribution < 1.29 is 32.7 Å². The van der Waals surface area contributed by atoms with E-state index in [1.807, 2.05) is 98.9 Å². The molecule has 0 fully saturated rings. The van der Waals surface area contributed by atoms with E-state index >= 15 is 0 Å². The Morgan fingerprint density at radius 1 is 0.727 bits per heavy atom. The Kier molecular flexibility index (Phi) is 8.02. The molecule has 10 rings (SSSR count). The first-order chi connectivity index (χ1) is 28.8. The van der Waals surface area contributed by atoms with Gasteiger partial charge in [0, 0.05) is 32.5 Å². The first-order valence-electron chi connectivity index (χ1n) is 20.8. The Balaban J connectivity index is 0.000000206. The number of furan rings is 1. The summed E-state index contributed by atoms with van der Waals surface area (Å²) < 4.78 is 53.2. The van der Waals surface area contributed by atoms with E-state index in [9.17, 15) is 0 Å². The number of nitrogens with zero attached hydrogens (tertiary/aromatic N) is 3. The number of aromatic nitrogens is 1. The third-order valence-corrected chi connectivity index (χ3v) is 10.1. The second-order valence-electron chi connectivity index (χ2n) is 13.5. The van der Waals surface area contributed by atoms with Gasteiger partial charge in [-0.3, -0.25) is 0 Å². The summed E-state index contributed by atoms with van der Waals surface area (Å²) in [4.78, 5) is 6.67. The number of pyridine rings is 1. The van der Waals surface area contributed by atoms with E-state index in [2.05, 4.69) is 69.8 Å². The standard InChI is InChI=1S/C35H24NO.C15H14N2.Ir/c1-22-17-27-18-25(24-9-4-3-5-10-24)15-16-26(27)19-31(22)32-20-33(36-21-23(32)2)30-13-8-12-29-28-11-6-7-14-34(28)37-35(29)30;1-11-7-9-12(10-8-11)15-16-13-5-3-4-6-14(13)17(15)2;/h3-12,14-21H,1-2H3;3-9,15H,1-2H3;/q-1;-2;+3/i2D3;1D3;. The molecule has 0 saturated heterocycles. The van der Waals surface area contributed by atoms with Crippen molar-refractivity contribution in [3.8, 4) is 33.5 Å². The summed E-state index contributed by atoms with van der Waals surface area (Å²) in [6.07, 6.45) is 1.34. The average Bonchev–Trinajstić information content (AvgIpc) is 3.80. The molecule has 3 heterocycles. The zero-order chi connectivity index (χ0) is 41.8. The molecule has 0 radical (unpaired) electrons. The molecule has 0 bridgehead atoms. The fraction of sp³-hybridized carbons (Fsp3) is 0.100. The molecule has 1 aliphatic heterocycles. The maximum atomic E-state index is 8.27. The third kappa shape index (κ3) is 6.82. The number of aryl methyl sites for hydroxylation is 3. The molecule has 7 aromatic carbocycles. The van der Waals surface area contributed by atoms with Gasteiger partial charge in [0.05, 0.1) is 5.58 Å². The molecule has 1 aliphatic rings. The Bertz CT molecular complexity index is 3030. The van der Waals surface area contributed by atoms with Crippen molar-refractivity contribution in [2.24, 2.45) is 0 Å². The second kappa shape index (κ2) is 15.0. The molecule has 55 heavy (non-hydrogen) atoms.